The van der Waals surface area contributed by atoms with Crippen molar-refractivity contribution in [1.82, 2.24) is 9.97 Å². The lowest BCUT2D eigenvalue weighted by Gasteiger charge is -2.09. The lowest BCUT2D eigenvalue weighted by molar-refractivity contribution is 0.627. The average molecular weight is 257 g/mol. The van der Waals surface area contributed by atoms with Gasteiger partial charge < -0.3 is 11.1 Å². The molecule has 96 valence electrons. The number of nitrogen functional groups attached to an aromatic ring is 1. The molecule has 0 bridgehead atoms. The summed E-state index contributed by atoms with van der Waals surface area (Å²) in [5.74, 6) is -0.745. The van der Waals surface area contributed by atoms with Crippen molar-refractivity contribution in [2.45, 2.75) is 13.8 Å². The van der Waals surface area contributed by atoms with Crippen molar-refractivity contribution < 1.29 is 4.39 Å². The number of nitrogens with two attached hydrogens (primary N) is 1. The summed E-state index contributed by atoms with van der Waals surface area (Å²) in [5, 5.41) is 11.9. The second-order valence-corrected chi connectivity index (χ2v) is 4.11. The largest absolute Gasteiger partial charge is 0.381 e. The molecule has 2 heterocycles. The number of hydrogen-bond donors (Lipinski definition) is 2. The van der Waals surface area contributed by atoms with Crippen molar-refractivity contribution >= 4 is 17.3 Å². The van der Waals surface area contributed by atoms with Crippen molar-refractivity contribution in [3.05, 3.63) is 41.0 Å². The molecule has 0 aliphatic heterocycles. The predicted octanol–water partition coefficient (Wildman–Crippen LogP) is 2.43. The van der Waals surface area contributed by atoms with Crippen molar-refractivity contribution in [1.29, 1.82) is 5.26 Å². The molecule has 5 nitrogen and oxygen atoms in total. The number of anilines is 3. The van der Waals surface area contributed by atoms with E-state index in [0.29, 0.717) is 5.69 Å². The molecule has 0 aliphatic rings. The summed E-state index contributed by atoms with van der Waals surface area (Å²) >= 11 is 0. The van der Waals surface area contributed by atoms with Gasteiger partial charge in [-0.25, -0.2) is 9.37 Å². The van der Waals surface area contributed by atoms with E-state index in [1.54, 1.807) is 6.20 Å². The van der Waals surface area contributed by atoms with Crippen LogP contribution in [0.4, 0.5) is 21.7 Å². The van der Waals surface area contributed by atoms with Crippen LogP contribution in [0.25, 0.3) is 0 Å². The van der Waals surface area contributed by atoms with Crippen LogP contribution in [-0.4, -0.2) is 9.97 Å². The third kappa shape index (κ3) is 2.60. The third-order valence-corrected chi connectivity index (χ3v) is 2.73. The Morgan fingerprint density at radius 2 is 2.11 bits per heavy atom. The molecule has 0 aromatic carbocycles. The SMILES string of the molecule is Cc1cc(Nc2nc(N)c(F)cc2C#N)cnc1C. The lowest BCUT2D eigenvalue weighted by Crippen LogP contribution is -2.03. The van der Waals surface area contributed by atoms with Gasteiger partial charge in [-0.3, -0.25) is 4.98 Å². The number of nitrogens with zero attached hydrogens (tertiary/aromatic N) is 3. The third-order valence-electron chi connectivity index (χ3n) is 2.73. The standard InChI is InChI=1S/C13H12FN5/c1-7-3-10(6-17-8(7)2)18-13-9(5-15)4-11(14)12(16)19-13/h3-4,6H,1-2H3,(H3,16,18,19). The maximum atomic E-state index is 13.2. The number of nitrogens with one attached hydrogen (secondary N) is 1. The number of aryl methyl sites for hydroxylation is 2. The molecule has 2 aromatic heterocycles. The van der Waals surface area contributed by atoms with E-state index >= 15 is 0 Å². The molecule has 0 atom stereocenters. The van der Waals surface area contributed by atoms with Gasteiger partial charge in [-0.1, -0.05) is 0 Å². The highest BCUT2D eigenvalue weighted by molar-refractivity contribution is 5.64. The van der Waals surface area contributed by atoms with Gasteiger partial charge in [0.1, 0.15) is 6.07 Å². The molecule has 2 rings (SSSR count). The normalized spacial score (nSPS) is 10.0. The Hall–Kier alpha value is -2.68. The Balaban J connectivity index is 2.40. The smallest absolute Gasteiger partial charge is 0.166 e. The van der Waals surface area contributed by atoms with Gasteiger partial charge in [-0.15, -0.1) is 0 Å². The van der Waals surface area contributed by atoms with E-state index in [1.165, 1.54) is 0 Å². The Morgan fingerprint density at radius 3 is 2.74 bits per heavy atom. The van der Waals surface area contributed by atoms with Gasteiger partial charge in [-0.05, 0) is 31.5 Å². The van der Waals surface area contributed by atoms with Gasteiger partial charge in [0.2, 0.25) is 0 Å². The summed E-state index contributed by atoms with van der Waals surface area (Å²) in [7, 11) is 0. The number of aromatic nitrogens is 2. The molecule has 0 saturated heterocycles. The van der Waals surface area contributed by atoms with Crippen molar-refractivity contribution in [3.63, 3.8) is 0 Å². The fraction of sp³-hybridized carbons (Fsp3) is 0.154. The molecule has 19 heavy (non-hydrogen) atoms. The Kier molecular flexibility index (Phi) is 3.29. The minimum absolute atomic E-state index is 0.0879. The zero-order chi connectivity index (χ0) is 14.0. The minimum atomic E-state index is -0.708. The summed E-state index contributed by atoms with van der Waals surface area (Å²) < 4.78 is 13.2. The highest BCUT2D eigenvalue weighted by atomic mass is 19.1. The first-order valence-corrected chi connectivity index (χ1v) is 5.57. The van der Waals surface area contributed by atoms with Gasteiger partial charge >= 0.3 is 0 Å². The molecule has 0 unspecified atom stereocenters. The van der Waals surface area contributed by atoms with Gasteiger partial charge in [0.15, 0.2) is 17.5 Å². The quantitative estimate of drug-likeness (QED) is 0.862. The van der Waals surface area contributed by atoms with E-state index < -0.39 is 5.82 Å². The van der Waals surface area contributed by atoms with Crippen molar-refractivity contribution in [2.75, 3.05) is 11.1 Å². The van der Waals surface area contributed by atoms with Crippen molar-refractivity contribution in [2.24, 2.45) is 0 Å². The summed E-state index contributed by atoms with van der Waals surface area (Å²) in [6.07, 6.45) is 1.62. The van der Waals surface area contributed by atoms with E-state index in [0.717, 1.165) is 17.3 Å². The highest BCUT2D eigenvalue weighted by Gasteiger charge is 2.10. The maximum Gasteiger partial charge on any atom is 0.166 e. The Bertz CT molecular complexity index is 675. The zero-order valence-electron chi connectivity index (χ0n) is 10.5. The molecule has 2 aromatic rings. The molecule has 6 heteroatoms. The van der Waals surface area contributed by atoms with Crippen LogP contribution in [-0.2, 0) is 0 Å². The number of halogens is 1. The average Bonchev–Trinajstić information content (AvgIpc) is 2.38. The molecule has 0 fully saturated rings. The summed E-state index contributed by atoms with van der Waals surface area (Å²) in [6, 6.07) is 4.79. The van der Waals surface area contributed by atoms with E-state index in [2.05, 4.69) is 15.3 Å². The first-order valence-electron chi connectivity index (χ1n) is 5.57. The predicted molar refractivity (Wildman–Crippen MR) is 70.3 cm³/mol. The first kappa shape index (κ1) is 12.8. The molecule has 0 radical (unpaired) electrons. The van der Waals surface area contributed by atoms with E-state index in [1.807, 2.05) is 26.0 Å². The number of nitriles is 1. The van der Waals surface area contributed by atoms with E-state index in [9.17, 15) is 4.39 Å². The number of pyridine rings is 2. The van der Waals surface area contributed by atoms with Crippen LogP contribution in [0.3, 0.4) is 0 Å². The Labute approximate surface area is 109 Å². The molecule has 0 spiro atoms. The second-order valence-electron chi connectivity index (χ2n) is 4.11. The molecule has 0 amide bonds. The van der Waals surface area contributed by atoms with Gasteiger partial charge in [0.05, 0.1) is 17.4 Å². The van der Waals surface area contributed by atoms with Crippen LogP contribution in [0.1, 0.15) is 16.8 Å². The van der Waals surface area contributed by atoms with Gasteiger partial charge in [-0.2, -0.15) is 5.26 Å². The van der Waals surface area contributed by atoms with E-state index in [-0.39, 0.29) is 17.2 Å². The van der Waals surface area contributed by atoms with Crippen LogP contribution >= 0.6 is 0 Å². The summed E-state index contributed by atoms with van der Waals surface area (Å²) in [6.45, 7) is 3.82. The summed E-state index contributed by atoms with van der Waals surface area (Å²) in [5.41, 5.74) is 8.07. The first-order chi connectivity index (χ1) is 9.01. The number of rotatable bonds is 2. The van der Waals surface area contributed by atoms with E-state index in [4.69, 9.17) is 11.0 Å². The van der Waals surface area contributed by atoms with Gasteiger partial charge in [0, 0.05) is 5.69 Å². The van der Waals surface area contributed by atoms with Crippen molar-refractivity contribution in [3.8, 4) is 6.07 Å². The topological polar surface area (TPSA) is 87.6 Å². The highest BCUT2D eigenvalue weighted by Crippen LogP contribution is 2.22. The molecule has 0 aliphatic carbocycles. The maximum absolute atomic E-state index is 13.2. The minimum Gasteiger partial charge on any atom is -0.381 e. The van der Waals surface area contributed by atoms with Crippen LogP contribution < -0.4 is 11.1 Å². The molecule has 3 N–H and O–H groups in total. The molecular weight excluding hydrogens is 245 g/mol. The fourth-order valence-corrected chi connectivity index (χ4v) is 1.53. The summed E-state index contributed by atoms with van der Waals surface area (Å²) in [4.78, 5) is 8.02. The monoisotopic (exact) mass is 257 g/mol. The zero-order valence-corrected chi connectivity index (χ0v) is 10.5. The molecular formula is C13H12FN5. The van der Waals surface area contributed by atoms with Crippen LogP contribution in [0.2, 0.25) is 0 Å². The second kappa shape index (κ2) is 4.90. The Morgan fingerprint density at radius 1 is 1.37 bits per heavy atom. The fourth-order valence-electron chi connectivity index (χ4n) is 1.53. The molecule has 0 saturated carbocycles. The van der Waals surface area contributed by atoms with Crippen LogP contribution in [0.15, 0.2) is 18.3 Å². The number of hydrogen-bond acceptors (Lipinski definition) is 5. The lowest BCUT2D eigenvalue weighted by atomic mass is 10.2. The van der Waals surface area contributed by atoms with Crippen LogP contribution in [0, 0.1) is 31.0 Å². The van der Waals surface area contributed by atoms with Gasteiger partial charge in [0.25, 0.3) is 0 Å². The van der Waals surface area contributed by atoms with Crippen LogP contribution in [0.5, 0.6) is 0 Å².